The van der Waals surface area contributed by atoms with Gasteiger partial charge in [0, 0.05) is 29.2 Å². The highest BCUT2D eigenvalue weighted by atomic mass is 32.2. The number of nitrogens with zero attached hydrogens (tertiary/aromatic N) is 2. The molecule has 5 rings (SSSR count). The second kappa shape index (κ2) is 9.41. The van der Waals surface area contributed by atoms with Gasteiger partial charge < -0.3 is 14.6 Å². The summed E-state index contributed by atoms with van der Waals surface area (Å²) in [6.07, 6.45) is 3.93. The van der Waals surface area contributed by atoms with Gasteiger partial charge >= 0.3 is 5.97 Å². The number of hydrogen-bond acceptors (Lipinski definition) is 5. The zero-order valence-corrected chi connectivity index (χ0v) is 19.2. The van der Waals surface area contributed by atoms with Crippen LogP contribution in [0.25, 0.3) is 17.0 Å². The van der Waals surface area contributed by atoms with Crippen LogP contribution in [0.2, 0.25) is 0 Å². The van der Waals surface area contributed by atoms with Crippen molar-refractivity contribution >= 4 is 51.5 Å². The number of amides is 1. The molecule has 6 nitrogen and oxygen atoms in total. The lowest BCUT2D eigenvalue weighted by Crippen LogP contribution is -2.19. The van der Waals surface area contributed by atoms with Gasteiger partial charge in [-0.25, -0.2) is 9.79 Å². The highest BCUT2D eigenvalue weighted by Crippen LogP contribution is 2.31. The minimum atomic E-state index is -0.359. The first-order valence-corrected chi connectivity index (χ1v) is 11.5. The first kappa shape index (κ1) is 21.7. The van der Waals surface area contributed by atoms with Gasteiger partial charge in [-0.15, -0.1) is 0 Å². The van der Waals surface area contributed by atoms with E-state index in [4.69, 9.17) is 4.74 Å². The number of aliphatic imine (C=N–C) groups is 1. The molecule has 0 saturated carbocycles. The van der Waals surface area contributed by atoms with Gasteiger partial charge in [-0.2, -0.15) is 0 Å². The van der Waals surface area contributed by atoms with Crippen LogP contribution in [0.15, 0.2) is 95.0 Å². The number of methoxy groups -OCH3 is 1. The Balaban J connectivity index is 1.46. The average Bonchev–Trinajstić information content (AvgIpc) is 3.39. The first-order chi connectivity index (χ1) is 16.6. The largest absolute Gasteiger partial charge is 0.465 e. The molecule has 3 aromatic carbocycles. The molecule has 1 aliphatic rings. The monoisotopic (exact) mass is 467 g/mol. The number of para-hydroxylation sites is 2. The van der Waals surface area contributed by atoms with Crippen LogP contribution in [0.4, 0.5) is 5.69 Å². The fourth-order valence-electron chi connectivity index (χ4n) is 3.87. The number of thioether (sulfide) groups is 1. The summed E-state index contributed by atoms with van der Waals surface area (Å²) >= 11 is 1.33. The molecule has 168 valence electrons. The second-order valence-electron chi connectivity index (χ2n) is 7.74. The first-order valence-electron chi connectivity index (χ1n) is 10.7. The summed E-state index contributed by atoms with van der Waals surface area (Å²) in [6, 6.07) is 25.0. The van der Waals surface area contributed by atoms with Gasteiger partial charge in [0.15, 0.2) is 5.17 Å². The fraction of sp³-hybridized carbons (Fsp3) is 0.0741. The third-order valence-corrected chi connectivity index (χ3v) is 6.35. The van der Waals surface area contributed by atoms with Gasteiger partial charge in [-0.3, -0.25) is 4.79 Å². The molecule has 1 fully saturated rings. The molecule has 34 heavy (non-hydrogen) atoms. The maximum atomic E-state index is 12.6. The van der Waals surface area contributed by atoms with E-state index < -0.39 is 0 Å². The van der Waals surface area contributed by atoms with E-state index >= 15 is 0 Å². The van der Waals surface area contributed by atoms with Gasteiger partial charge in [-0.1, -0.05) is 48.5 Å². The van der Waals surface area contributed by atoms with Crippen LogP contribution in [-0.2, 0) is 16.1 Å². The molecule has 0 radical (unpaired) electrons. The van der Waals surface area contributed by atoms with Crippen molar-refractivity contribution in [2.75, 3.05) is 7.11 Å². The smallest absolute Gasteiger partial charge is 0.337 e. The molecule has 4 aromatic rings. The number of carbonyl (C=O) groups excluding carboxylic acids is 2. The summed E-state index contributed by atoms with van der Waals surface area (Å²) in [5.74, 6) is -0.524. The molecule has 1 aliphatic heterocycles. The van der Waals surface area contributed by atoms with Crippen LogP contribution < -0.4 is 5.32 Å². The zero-order valence-electron chi connectivity index (χ0n) is 18.4. The van der Waals surface area contributed by atoms with Crippen molar-refractivity contribution in [1.29, 1.82) is 0 Å². The quantitative estimate of drug-likeness (QED) is 0.316. The molecule has 1 saturated heterocycles. The second-order valence-corrected chi connectivity index (χ2v) is 8.77. The predicted octanol–water partition coefficient (Wildman–Crippen LogP) is 5.37. The minimum absolute atomic E-state index is 0.165. The van der Waals surface area contributed by atoms with Crippen molar-refractivity contribution in [1.82, 2.24) is 9.88 Å². The lowest BCUT2D eigenvalue weighted by molar-refractivity contribution is -0.115. The van der Waals surface area contributed by atoms with Gasteiger partial charge in [0.1, 0.15) is 0 Å². The summed E-state index contributed by atoms with van der Waals surface area (Å²) in [6.45, 7) is 0.578. The molecule has 0 aliphatic carbocycles. The number of benzene rings is 3. The molecule has 1 N–H and O–H groups in total. The Bertz CT molecular complexity index is 1450. The SMILES string of the molecule is COC(=O)c1cccc(Cn2cc(/C=C3\SC(=Nc4ccccc4)NC3=O)c3ccccc32)c1. The Hall–Kier alpha value is -4.10. The molecule has 0 bridgehead atoms. The van der Waals surface area contributed by atoms with Crippen molar-refractivity contribution in [3.63, 3.8) is 0 Å². The number of rotatable bonds is 5. The van der Waals surface area contributed by atoms with Crippen molar-refractivity contribution < 1.29 is 14.3 Å². The predicted molar refractivity (Wildman–Crippen MR) is 136 cm³/mol. The topological polar surface area (TPSA) is 72.7 Å². The number of amidine groups is 1. The number of ether oxygens (including phenoxy) is 1. The van der Waals surface area contributed by atoms with E-state index in [1.54, 1.807) is 6.07 Å². The fourth-order valence-corrected chi connectivity index (χ4v) is 4.71. The van der Waals surface area contributed by atoms with E-state index in [0.717, 1.165) is 27.7 Å². The number of nitrogens with one attached hydrogen (secondary N) is 1. The normalized spacial score (nSPS) is 15.7. The van der Waals surface area contributed by atoms with Crippen LogP contribution in [-0.4, -0.2) is 28.7 Å². The Morgan fingerprint density at radius 1 is 1.06 bits per heavy atom. The maximum Gasteiger partial charge on any atom is 0.337 e. The number of carbonyl (C=O) groups is 2. The van der Waals surface area contributed by atoms with E-state index in [1.165, 1.54) is 18.9 Å². The Morgan fingerprint density at radius 2 is 1.85 bits per heavy atom. The van der Waals surface area contributed by atoms with Gasteiger partial charge in [0.2, 0.25) is 0 Å². The van der Waals surface area contributed by atoms with E-state index in [1.807, 2.05) is 85.1 Å². The lowest BCUT2D eigenvalue weighted by atomic mass is 10.1. The lowest BCUT2D eigenvalue weighted by Gasteiger charge is -2.07. The standard InChI is InChI=1S/C27H21N3O3S/c1-33-26(32)19-9-7-8-18(14-19)16-30-17-20(22-12-5-6-13-23(22)30)15-24-25(31)29-27(34-24)28-21-10-3-2-4-11-21/h2-15,17H,16H2,1H3,(H,28,29,31)/b24-15-. The van der Waals surface area contributed by atoms with Gasteiger partial charge in [0.25, 0.3) is 5.91 Å². The number of aromatic nitrogens is 1. The Morgan fingerprint density at radius 3 is 2.68 bits per heavy atom. The average molecular weight is 468 g/mol. The van der Waals surface area contributed by atoms with Gasteiger partial charge in [0.05, 0.1) is 23.3 Å². The summed E-state index contributed by atoms with van der Waals surface area (Å²) < 4.78 is 6.96. The molecule has 0 spiro atoms. The molecule has 0 atom stereocenters. The molecule has 0 unspecified atom stereocenters. The van der Waals surface area contributed by atoms with E-state index in [0.29, 0.717) is 22.2 Å². The summed E-state index contributed by atoms with van der Waals surface area (Å²) in [7, 11) is 1.38. The van der Waals surface area contributed by atoms with E-state index in [9.17, 15) is 9.59 Å². The van der Waals surface area contributed by atoms with Crippen molar-refractivity contribution in [3.8, 4) is 0 Å². The number of esters is 1. The van der Waals surface area contributed by atoms with Crippen molar-refractivity contribution in [2.45, 2.75) is 6.54 Å². The molecular weight excluding hydrogens is 446 g/mol. The highest BCUT2D eigenvalue weighted by molar-refractivity contribution is 8.18. The van der Waals surface area contributed by atoms with E-state index in [-0.39, 0.29) is 11.9 Å². The summed E-state index contributed by atoms with van der Waals surface area (Å²) in [5.41, 5.74) is 4.27. The van der Waals surface area contributed by atoms with Crippen molar-refractivity contribution in [2.24, 2.45) is 4.99 Å². The molecule has 1 amide bonds. The van der Waals surface area contributed by atoms with Crippen LogP contribution in [0, 0.1) is 0 Å². The van der Waals surface area contributed by atoms with E-state index in [2.05, 4.69) is 14.9 Å². The summed E-state index contributed by atoms with van der Waals surface area (Å²) in [5, 5.41) is 4.45. The number of hydrogen-bond donors (Lipinski definition) is 1. The van der Waals surface area contributed by atoms with Crippen LogP contribution in [0.5, 0.6) is 0 Å². The van der Waals surface area contributed by atoms with Crippen LogP contribution in [0.1, 0.15) is 21.5 Å². The Labute approximate surface area is 201 Å². The van der Waals surface area contributed by atoms with Crippen LogP contribution >= 0.6 is 11.8 Å². The van der Waals surface area contributed by atoms with Crippen molar-refractivity contribution in [3.05, 3.63) is 107 Å². The minimum Gasteiger partial charge on any atom is -0.465 e. The van der Waals surface area contributed by atoms with Gasteiger partial charge in [-0.05, 0) is 53.7 Å². The molecule has 2 heterocycles. The molecule has 7 heteroatoms. The number of fused-ring (bicyclic) bond motifs is 1. The third kappa shape index (κ3) is 4.51. The maximum absolute atomic E-state index is 12.6. The highest BCUT2D eigenvalue weighted by Gasteiger charge is 2.24. The third-order valence-electron chi connectivity index (χ3n) is 5.44. The Kier molecular flexibility index (Phi) is 6.01. The van der Waals surface area contributed by atoms with Crippen LogP contribution in [0.3, 0.4) is 0 Å². The molecular formula is C27H21N3O3S. The molecule has 1 aromatic heterocycles. The zero-order chi connectivity index (χ0) is 23.5. The summed E-state index contributed by atoms with van der Waals surface area (Å²) in [4.78, 5) is 29.6.